The number of rotatable bonds is 5. The highest BCUT2D eigenvalue weighted by Gasteiger charge is 2.18. The number of amides is 1. The minimum Gasteiger partial charge on any atom is -0.355 e. The summed E-state index contributed by atoms with van der Waals surface area (Å²) < 4.78 is 0. The van der Waals surface area contributed by atoms with E-state index in [0.717, 1.165) is 19.0 Å². The van der Waals surface area contributed by atoms with Gasteiger partial charge in [-0.05, 0) is 38.8 Å². The summed E-state index contributed by atoms with van der Waals surface area (Å²) in [6.07, 6.45) is 2.56. The average molecular weight is 314 g/mol. The van der Waals surface area contributed by atoms with Crippen LogP contribution in [0.4, 0.5) is 0 Å². The maximum atomic E-state index is 11.7. The molecule has 1 fully saturated rings. The third-order valence-corrected chi connectivity index (χ3v) is 3.81. The van der Waals surface area contributed by atoms with Gasteiger partial charge >= 0.3 is 0 Å². The number of nitrogens with zero attached hydrogens (tertiary/aromatic N) is 1. The zero-order valence-electron chi connectivity index (χ0n) is 12.2. The fraction of sp³-hybridized carbons (Fsp3) is 0.923. The van der Waals surface area contributed by atoms with Crippen molar-refractivity contribution in [2.24, 2.45) is 17.6 Å². The Labute approximate surface area is 129 Å². The van der Waals surface area contributed by atoms with E-state index >= 15 is 0 Å². The summed E-state index contributed by atoms with van der Waals surface area (Å²) in [5.74, 6) is 0.834. The molecule has 0 radical (unpaired) electrons. The Morgan fingerprint density at radius 3 is 2.32 bits per heavy atom. The smallest absolute Gasteiger partial charge is 0.224 e. The normalized spacial score (nSPS) is 19.8. The summed E-state index contributed by atoms with van der Waals surface area (Å²) in [6, 6.07) is -0.0779. The van der Waals surface area contributed by atoms with Crippen LogP contribution >= 0.6 is 24.8 Å². The van der Waals surface area contributed by atoms with Crippen LogP contribution < -0.4 is 11.1 Å². The van der Waals surface area contributed by atoms with Gasteiger partial charge in [-0.15, -0.1) is 24.8 Å². The molecule has 19 heavy (non-hydrogen) atoms. The first kappa shape index (κ1) is 21.3. The van der Waals surface area contributed by atoms with E-state index in [1.165, 1.54) is 25.9 Å². The molecule has 116 valence electrons. The van der Waals surface area contributed by atoms with Crippen LogP contribution in [0.15, 0.2) is 0 Å². The molecular formula is C13H29Cl2N3O. The van der Waals surface area contributed by atoms with Gasteiger partial charge in [-0.1, -0.05) is 13.8 Å². The van der Waals surface area contributed by atoms with Crippen molar-refractivity contribution < 1.29 is 4.79 Å². The van der Waals surface area contributed by atoms with E-state index in [1.54, 1.807) is 0 Å². The molecule has 0 bridgehead atoms. The van der Waals surface area contributed by atoms with Crippen molar-refractivity contribution in [3.63, 3.8) is 0 Å². The summed E-state index contributed by atoms with van der Waals surface area (Å²) in [7, 11) is 0. The molecule has 1 aliphatic rings. The average Bonchev–Trinajstić information content (AvgIpc) is 2.30. The van der Waals surface area contributed by atoms with E-state index in [1.807, 2.05) is 13.8 Å². The molecule has 1 aliphatic heterocycles. The molecule has 0 saturated carbocycles. The van der Waals surface area contributed by atoms with E-state index in [0.29, 0.717) is 0 Å². The van der Waals surface area contributed by atoms with Crippen molar-refractivity contribution in [3.8, 4) is 0 Å². The number of nitrogens with one attached hydrogen (secondary N) is 1. The quantitative estimate of drug-likeness (QED) is 0.811. The lowest BCUT2D eigenvalue weighted by Gasteiger charge is -2.30. The van der Waals surface area contributed by atoms with Crippen molar-refractivity contribution in [1.82, 2.24) is 10.2 Å². The third-order valence-electron chi connectivity index (χ3n) is 3.81. The van der Waals surface area contributed by atoms with E-state index in [2.05, 4.69) is 17.1 Å². The monoisotopic (exact) mass is 313 g/mol. The molecule has 1 heterocycles. The van der Waals surface area contributed by atoms with E-state index in [-0.39, 0.29) is 42.7 Å². The minimum atomic E-state index is -0.101. The number of carbonyl (C=O) groups excluding carboxylic acids is 1. The van der Waals surface area contributed by atoms with Crippen molar-refractivity contribution >= 4 is 30.7 Å². The molecule has 0 aromatic rings. The predicted octanol–water partition coefficient (Wildman–Crippen LogP) is 1.66. The van der Waals surface area contributed by atoms with Gasteiger partial charge in [0, 0.05) is 25.0 Å². The van der Waals surface area contributed by atoms with Gasteiger partial charge in [-0.3, -0.25) is 4.79 Å². The maximum Gasteiger partial charge on any atom is 0.224 e. The lowest BCUT2D eigenvalue weighted by molar-refractivity contribution is -0.125. The highest BCUT2D eigenvalue weighted by Crippen LogP contribution is 2.15. The van der Waals surface area contributed by atoms with Gasteiger partial charge in [0.25, 0.3) is 0 Å². The first-order valence-electron chi connectivity index (χ1n) is 6.76. The van der Waals surface area contributed by atoms with Crippen LogP contribution in [0.1, 0.15) is 33.6 Å². The summed E-state index contributed by atoms with van der Waals surface area (Å²) >= 11 is 0. The molecule has 4 nitrogen and oxygen atoms in total. The Morgan fingerprint density at radius 2 is 1.84 bits per heavy atom. The lowest BCUT2D eigenvalue weighted by Crippen LogP contribution is -2.43. The number of likely N-dealkylation sites (tertiary alicyclic amines) is 1. The van der Waals surface area contributed by atoms with Crippen LogP contribution in [0.3, 0.4) is 0 Å². The largest absolute Gasteiger partial charge is 0.355 e. The lowest BCUT2D eigenvalue weighted by atomic mass is 9.99. The van der Waals surface area contributed by atoms with Crippen LogP contribution in [0, 0.1) is 11.8 Å². The molecule has 0 spiro atoms. The molecule has 0 aliphatic carbocycles. The molecule has 2 unspecified atom stereocenters. The van der Waals surface area contributed by atoms with Crippen LogP contribution in [0.2, 0.25) is 0 Å². The third kappa shape index (κ3) is 7.98. The van der Waals surface area contributed by atoms with E-state index in [4.69, 9.17) is 5.73 Å². The Morgan fingerprint density at radius 1 is 1.32 bits per heavy atom. The Bertz CT molecular complexity index is 244. The first-order valence-corrected chi connectivity index (χ1v) is 6.76. The molecule has 1 saturated heterocycles. The number of nitrogens with two attached hydrogens (primary N) is 1. The van der Waals surface area contributed by atoms with Gasteiger partial charge in [0.05, 0.1) is 0 Å². The molecule has 0 aromatic heterocycles. The van der Waals surface area contributed by atoms with Gasteiger partial charge in [0.15, 0.2) is 0 Å². The van der Waals surface area contributed by atoms with E-state index < -0.39 is 0 Å². The fourth-order valence-electron chi connectivity index (χ4n) is 2.02. The van der Waals surface area contributed by atoms with Gasteiger partial charge < -0.3 is 16.0 Å². The van der Waals surface area contributed by atoms with Crippen LogP contribution in [-0.4, -0.2) is 43.0 Å². The second kappa shape index (κ2) is 10.7. The molecule has 3 N–H and O–H groups in total. The second-order valence-electron chi connectivity index (χ2n) is 5.46. The van der Waals surface area contributed by atoms with Crippen molar-refractivity contribution in [2.45, 2.75) is 39.7 Å². The molecule has 2 atom stereocenters. The number of hydrogen-bond acceptors (Lipinski definition) is 3. The summed E-state index contributed by atoms with van der Waals surface area (Å²) in [5.41, 5.74) is 5.70. The van der Waals surface area contributed by atoms with Crippen LogP contribution in [0.25, 0.3) is 0 Å². The Kier molecular flexibility index (Phi) is 12.0. The summed E-state index contributed by atoms with van der Waals surface area (Å²) in [6.45, 7) is 10.1. The molecule has 0 aromatic carbocycles. The molecular weight excluding hydrogens is 285 g/mol. The molecule has 1 amide bonds. The van der Waals surface area contributed by atoms with Crippen molar-refractivity contribution in [1.29, 1.82) is 0 Å². The Hall–Kier alpha value is -0.0300. The van der Waals surface area contributed by atoms with Crippen molar-refractivity contribution in [2.75, 3.05) is 26.2 Å². The van der Waals surface area contributed by atoms with Gasteiger partial charge in [0.2, 0.25) is 5.91 Å². The second-order valence-corrected chi connectivity index (χ2v) is 5.46. The maximum absolute atomic E-state index is 11.7. The van der Waals surface area contributed by atoms with Crippen LogP contribution in [-0.2, 0) is 4.79 Å². The fourth-order valence-corrected chi connectivity index (χ4v) is 2.02. The number of hydrogen-bond donors (Lipinski definition) is 2. The Balaban J connectivity index is 0. The van der Waals surface area contributed by atoms with Gasteiger partial charge in [-0.25, -0.2) is 0 Å². The highest BCUT2D eigenvalue weighted by molar-refractivity contribution is 5.85. The summed E-state index contributed by atoms with van der Waals surface area (Å²) in [5, 5.41) is 2.96. The minimum absolute atomic E-state index is 0. The molecule has 6 heteroatoms. The van der Waals surface area contributed by atoms with Gasteiger partial charge in [-0.2, -0.15) is 0 Å². The predicted molar refractivity (Wildman–Crippen MR) is 85.2 cm³/mol. The number of piperidine rings is 1. The standard InChI is InChI=1S/C13H27N3O.2ClH/c1-10-4-7-16(8-5-10)9-6-15-13(17)11(2)12(3)14;;/h10-12H,4-9,14H2,1-3H3,(H,15,17);2*1H. The number of carbonyl (C=O) groups is 1. The van der Waals surface area contributed by atoms with Gasteiger partial charge in [0.1, 0.15) is 0 Å². The summed E-state index contributed by atoms with van der Waals surface area (Å²) in [4.78, 5) is 14.1. The zero-order valence-corrected chi connectivity index (χ0v) is 13.9. The number of halogens is 2. The zero-order chi connectivity index (χ0) is 12.8. The van der Waals surface area contributed by atoms with Crippen molar-refractivity contribution in [3.05, 3.63) is 0 Å². The topological polar surface area (TPSA) is 58.4 Å². The molecule has 1 rings (SSSR count). The van der Waals surface area contributed by atoms with Crippen LogP contribution in [0.5, 0.6) is 0 Å². The highest BCUT2D eigenvalue weighted by atomic mass is 35.5. The first-order chi connectivity index (χ1) is 8.00. The van der Waals surface area contributed by atoms with E-state index in [9.17, 15) is 4.79 Å². The SMILES string of the molecule is CC1CCN(CCNC(=O)C(C)C(C)N)CC1.Cl.Cl.